The standard InChI is InChI=1S/C21H24N2O6/c1-14(2)20(16-4-5-17-18(12-16)28-11-3-10-27-17)22-19(24)13-29-21(25)15-6-8-23(26)9-7-15/h4-9,12,14,20H,3,10-11,13H2,1-2H3,(H,22,24)/t20-/m0/s1. The summed E-state index contributed by atoms with van der Waals surface area (Å²) in [5, 5.41) is 13.9. The molecule has 1 aromatic heterocycles. The number of amides is 1. The van der Waals surface area contributed by atoms with Crippen molar-refractivity contribution in [3.8, 4) is 11.5 Å². The minimum Gasteiger partial charge on any atom is -0.619 e. The molecule has 2 aromatic rings. The monoisotopic (exact) mass is 400 g/mol. The van der Waals surface area contributed by atoms with Crippen LogP contribution < -0.4 is 19.5 Å². The van der Waals surface area contributed by atoms with Gasteiger partial charge in [0, 0.05) is 18.6 Å². The van der Waals surface area contributed by atoms with Gasteiger partial charge in [0.15, 0.2) is 30.5 Å². The summed E-state index contributed by atoms with van der Waals surface area (Å²) in [5.74, 6) is 0.361. The van der Waals surface area contributed by atoms with Gasteiger partial charge in [-0.05, 0) is 23.6 Å². The molecule has 1 aliphatic heterocycles. The van der Waals surface area contributed by atoms with Crippen LogP contribution in [-0.4, -0.2) is 31.7 Å². The lowest BCUT2D eigenvalue weighted by Crippen LogP contribution is -2.35. The minimum atomic E-state index is -0.669. The molecule has 8 heteroatoms. The zero-order valence-electron chi connectivity index (χ0n) is 16.4. The highest BCUT2D eigenvalue weighted by Gasteiger charge is 2.22. The largest absolute Gasteiger partial charge is 0.619 e. The van der Waals surface area contributed by atoms with Gasteiger partial charge in [-0.1, -0.05) is 19.9 Å². The van der Waals surface area contributed by atoms with E-state index in [2.05, 4.69) is 5.32 Å². The van der Waals surface area contributed by atoms with Crippen molar-refractivity contribution in [3.63, 3.8) is 0 Å². The van der Waals surface area contributed by atoms with Crippen molar-refractivity contribution in [3.05, 3.63) is 59.1 Å². The molecule has 0 radical (unpaired) electrons. The number of carbonyl (C=O) groups excluding carboxylic acids is 2. The molecule has 8 nitrogen and oxygen atoms in total. The maximum Gasteiger partial charge on any atom is 0.339 e. The second-order valence-electron chi connectivity index (χ2n) is 7.07. The van der Waals surface area contributed by atoms with Crippen LogP contribution in [0.2, 0.25) is 0 Å². The van der Waals surface area contributed by atoms with Crippen LogP contribution in [0.3, 0.4) is 0 Å². The van der Waals surface area contributed by atoms with Gasteiger partial charge in [-0.2, -0.15) is 4.73 Å². The molecule has 0 saturated heterocycles. The Labute approximate surface area is 169 Å². The fourth-order valence-corrected chi connectivity index (χ4v) is 2.99. The molecule has 3 rings (SSSR count). The maximum absolute atomic E-state index is 12.4. The molecule has 1 aromatic carbocycles. The highest BCUT2D eigenvalue weighted by atomic mass is 16.5. The molecular weight excluding hydrogens is 376 g/mol. The second kappa shape index (κ2) is 9.27. The number of benzene rings is 1. The lowest BCUT2D eigenvalue weighted by molar-refractivity contribution is -0.605. The normalized spacial score (nSPS) is 14.0. The molecule has 0 fully saturated rings. The van der Waals surface area contributed by atoms with Crippen LogP contribution in [-0.2, 0) is 9.53 Å². The van der Waals surface area contributed by atoms with Crippen LogP contribution in [0.15, 0.2) is 42.7 Å². The van der Waals surface area contributed by atoms with Crippen LogP contribution in [0.5, 0.6) is 11.5 Å². The van der Waals surface area contributed by atoms with Crippen LogP contribution >= 0.6 is 0 Å². The van der Waals surface area contributed by atoms with E-state index < -0.39 is 18.5 Å². The molecule has 0 bridgehead atoms. The molecule has 1 aliphatic rings. The van der Waals surface area contributed by atoms with E-state index in [0.717, 1.165) is 12.0 Å². The molecule has 154 valence electrons. The van der Waals surface area contributed by atoms with Crippen molar-refractivity contribution in [1.82, 2.24) is 5.32 Å². The molecule has 1 amide bonds. The van der Waals surface area contributed by atoms with Crippen molar-refractivity contribution < 1.29 is 28.5 Å². The lowest BCUT2D eigenvalue weighted by Gasteiger charge is -2.23. The zero-order valence-corrected chi connectivity index (χ0v) is 16.4. The highest BCUT2D eigenvalue weighted by molar-refractivity contribution is 5.91. The predicted molar refractivity (Wildman–Crippen MR) is 103 cm³/mol. The first kappa shape index (κ1) is 20.4. The van der Waals surface area contributed by atoms with Gasteiger partial charge in [-0.25, -0.2) is 4.79 Å². The van der Waals surface area contributed by atoms with E-state index >= 15 is 0 Å². The Bertz CT molecular complexity index is 866. The summed E-state index contributed by atoms with van der Waals surface area (Å²) in [5.41, 5.74) is 1.08. The van der Waals surface area contributed by atoms with Gasteiger partial charge in [-0.3, -0.25) is 4.79 Å². The van der Waals surface area contributed by atoms with Gasteiger partial charge in [0.25, 0.3) is 5.91 Å². The summed E-state index contributed by atoms with van der Waals surface area (Å²) in [6, 6.07) is 8.00. The van der Waals surface area contributed by atoms with Crippen molar-refractivity contribution in [2.24, 2.45) is 5.92 Å². The molecular formula is C21H24N2O6. The topological polar surface area (TPSA) is 101 Å². The predicted octanol–water partition coefficient (Wildman–Crippen LogP) is 2.15. The van der Waals surface area contributed by atoms with Crippen LogP contribution in [0.1, 0.15) is 42.2 Å². The smallest absolute Gasteiger partial charge is 0.339 e. The van der Waals surface area contributed by atoms with E-state index in [1.165, 1.54) is 24.5 Å². The summed E-state index contributed by atoms with van der Waals surface area (Å²) < 4.78 is 17.0. The third-order valence-electron chi connectivity index (χ3n) is 4.49. The Morgan fingerprint density at radius 1 is 1.14 bits per heavy atom. The fraction of sp³-hybridized carbons (Fsp3) is 0.381. The summed E-state index contributed by atoms with van der Waals surface area (Å²) in [7, 11) is 0. The summed E-state index contributed by atoms with van der Waals surface area (Å²) in [6.45, 7) is 4.75. The minimum absolute atomic E-state index is 0.0982. The van der Waals surface area contributed by atoms with Gasteiger partial charge in [0.2, 0.25) is 0 Å². The molecule has 0 unspecified atom stereocenters. The number of ether oxygens (including phenoxy) is 3. The van der Waals surface area contributed by atoms with Gasteiger partial charge in [0.05, 0.1) is 24.8 Å². The van der Waals surface area contributed by atoms with Gasteiger partial charge < -0.3 is 24.7 Å². The van der Waals surface area contributed by atoms with Gasteiger partial charge in [0.1, 0.15) is 0 Å². The Hall–Kier alpha value is -3.29. The summed E-state index contributed by atoms with van der Waals surface area (Å²) >= 11 is 0. The maximum atomic E-state index is 12.4. The van der Waals surface area contributed by atoms with E-state index in [1.54, 1.807) is 0 Å². The summed E-state index contributed by atoms with van der Waals surface area (Å²) in [4.78, 5) is 24.4. The molecule has 0 saturated carbocycles. The van der Waals surface area contributed by atoms with Crippen molar-refractivity contribution in [2.75, 3.05) is 19.8 Å². The number of pyridine rings is 1. The van der Waals surface area contributed by atoms with E-state index in [9.17, 15) is 14.8 Å². The van der Waals surface area contributed by atoms with Crippen molar-refractivity contribution in [1.29, 1.82) is 0 Å². The quantitative estimate of drug-likeness (QED) is 0.453. The third kappa shape index (κ3) is 5.37. The number of hydrogen-bond donors (Lipinski definition) is 1. The van der Waals surface area contributed by atoms with Crippen molar-refractivity contribution >= 4 is 11.9 Å². The Morgan fingerprint density at radius 2 is 1.83 bits per heavy atom. The molecule has 0 spiro atoms. The molecule has 2 heterocycles. The summed E-state index contributed by atoms with van der Waals surface area (Å²) in [6.07, 6.45) is 3.20. The van der Waals surface area contributed by atoms with E-state index in [0.29, 0.717) is 29.4 Å². The first-order valence-corrected chi connectivity index (χ1v) is 9.49. The van der Waals surface area contributed by atoms with Crippen LogP contribution in [0.25, 0.3) is 0 Å². The zero-order chi connectivity index (χ0) is 20.8. The first-order chi connectivity index (χ1) is 13.9. The number of nitrogens with zero attached hydrogens (tertiary/aromatic N) is 1. The Morgan fingerprint density at radius 3 is 2.52 bits per heavy atom. The number of rotatable bonds is 6. The van der Waals surface area contributed by atoms with Gasteiger partial charge >= 0.3 is 5.97 Å². The fourth-order valence-electron chi connectivity index (χ4n) is 2.99. The van der Waals surface area contributed by atoms with E-state index in [-0.39, 0.29) is 17.5 Å². The van der Waals surface area contributed by atoms with Crippen LogP contribution in [0, 0.1) is 11.1 Å². The average Bonchev–Trinajstić information content (AvgIpc) is 2.95. The molecule has 29 heavy (non-hydrogen) atoms. The van der Waals surface area contributed by atoms with Crippen molar-refractivity contribution in [2.45, 2.75) is 26.3 Å². The van der Waals surface area contributed by atoms with E-state index in [1.807, 2.05) is 32.0 Å². The number of aromatic nitrogens is 1. The Kier molecular flexibility index (Phi) is 6.54. The lowest BCUT2D eigenvalue weighted by atomic mass is 9.95. The average molecular weight is 400 g/mol. The molecule has 0 aliphatic carbocycles. The highest BCUT2D eigenvalue weighted by Crippen LogP contribution is 2.34. The van der Waals surface area contributed by atoms with E-state index in [4.69, 9.17) is 14.2 Å². The number of esters is 1. The number of fused-ring (bicyclic) bond motifs is 1. The van der Waals surface area contributed by atoms with Crippen LogP contribution in [0.4, 0.5) is 0 Å². The second-order valence-corrected chi connectivity index (χ2v) is 7.07. The number of hydrogen-bond acceptors (Lipinski definition) is 6. The number of carbonyl (C=O) groups is 2. The SMILES string of the molecule is CC(C)[C@H](NC(=O)COC(=O)c1cc[n+]([O-])cc1)c1ccc2c(c1)OCCCO2. The third-order valence-corrected chi connectivity index (χ3v) is 4.49. The Balaban J connectivity index is 1.63. The first-order valence-electron chi connectivity index (χ1n) is 9.49. The van der Waals surface area contributed by atoms with Gasteiger partial charge in [-0.15, -0.1) is 0 Å². The molecule has 1 N–H and O–H groups in total. The molecule has 1 atom stereocenters. The number of nitrogens with one attached hydrogen (secondary N) is 1.